The quantitative estimate of drug-likeness (QED) is 0.841. The zero-order chi connectivity index (χ0) is 13.1. The zero-order valence-corrected chi connectivity index (χ0v) is 10.5. The van der Waals surface area contributed by atoms with Gasteiger partial charge < -0.3 is 9.47 Å². The van der Waals surface area contributed by atoms with Crippen LogP contribution in [0.15, 0.2) is 36.5 Å². The molecule has 0 amide bonds. The van der Waals surface area contributed by atoms with Crippen molar-refractivity contribution in [2.24, 2.45) is 0 Å². The van der Waals surface area contributed by atoms with Crippen LogP contribution in [0.3, 0.4) is 0 Å². The van der Waals surface area contributed by atoms with E-state index in [0.29, 0.717) is 26.1 Å². The largest absolute Gasteiger partial charge is 0.350 e. The fourth-order valence-electron chi connectivity index (χ4n) is 2.30. The molecule has 2 aromatic rings. The zero-order valence-electron chi connectivity index (χ0n) is 10.5. The number of pyridine rings is 1. The number of para-hydroxylation sites is 1. The van der Waals surface area contributed by atoms with E-state index < -0.39 is 0 Å². The van der Waals surface area contributed by atoms with Crippen molar-refractivity contribution in [1.29, 1.82) is 0 Å². The predicted molar refractivity (Wildman–Crippen MR) is 70.8 cm³/mol. The van der Waals surface area contributed by atoms with Gasteiger partial charge in [-0.05, 0) is 17.7 Å². The minimum atomic E-state index is -0.361. The van der Waals surface area contributed by atoms with Crippen molar-refractivity contribution in [2.75, 3.05) is 13.2 Å². The molecule has 1 fully saturated rings. The molecule has 0 saturated carbocycles. The number of hydrogen-bond donors (Lipinski definition) is 0. The monoisotopic (exact) mass is 257 g/mol. The number of nitrogens with zero attached hydrogens (tertiary/aromatic N) is 1. The SMILES string of the molecule is O=C(Cc1ccnc2ccccc12)CC1OCCO1. The van der Waals surface area contributed by atoms with Crippen molar-refractivity contribution in [1.82, 2.24) is 4.98 Å². The molecule has 4 nitrogen and oxygen atoms in total. The first-order valence-corrected chi connectivity index (χ1v) is 6.40. The van der Waals surface area contributed by atoms with Gasteiger partial charge in [0.2, 0.25) is 0 Å². The Labute approximate surface area is 111 Å². The standard InChI is InChI=1S/C15H15NO3/c17-12(10-15-18-7-8-19-15)9-11-5-6-16-14-4-2-1-3-13(11)14/h1-6,15H,7-10H2. The van der Waals surface area contributed by atoms with Gasteiger partial charge in [-0.25, -0.2) is 0 Å². The number of fused-ring (bicyclic) bond motifs is 1. The Morgan fingerprint density at radius 3 is 2.84 bits per heavy atom. The van der Waals surface area contributed by atoms with Gasteiger partial charge in [0, 0.05) is 18.0 Å². The molecule has 1 saturated heterocycles. The summed E-state index contributed by atoms with van der Waals surface area (Å²) in [5.74, 6) is 0.128. The van der Waals surface area contributed by atoms with Gasteiger partial charge in [-0.15, -0.1) is 0 Å². The minimum absolute atomic E-state index is 0.128. The smallest absolute Gasteiger partial charge is 0.164 e. The predicted octanol–water partition coefficient (Wildman–Crippen LogP) is 2.11. The summed E-state index contributed by atoms with van der Waals surface area (Å²) in [6, 6.07) is 9.75. The van der Waals surface area contributed by atoms with Gasteiger partial charge in [-0.1, -0.05) is 18.2 Å². The van der Waals surface area contributed by atoms with E-state index >= 15 is 0 Å². The first-order valence-electron chi connectivity index (χ1n) is 6.40. The third-order valence-electron chi connectivity index (χ3n) is 3.21. The fourth-order valence-corrected chi connectivity index (χ4v) is 2.30. The molecule has 2 heterocycles. The average molecular weight is 257 g/mol. The van der Waals surface area contributed by atoms with Crippen molar-refractivity contribution >= 4 is 16.7 Å². The van der Waals surface area contributed by atoms with Gasteiger partial charge in [0.05, 0.1) is 25.2 Å². The average Bonchev–Trinajstić information content (AvgIpc) is 2.92. The molecule has 0 bridgehead atoms. The Bertz CT molecular complexity index is 585. The van der Waals surface area contributed by atoms with Gasteiger partial charge in [0.25, 0.3) is 0 Å². The molecule has 0 N–H and O–H groups in total. The Morgan fingerprint density at radius 2 is 2.00 bits per heavy atom. The molecular formula is C15H15NO3. The highest BCUT2D eigenvalue weighted by atomic mass is 16.7. The van der Waals surface area contributed by atoms with Crippen molar-refractivity contribution in [3.8, 4) is 0 Å². The van der Waals surface area contributed by atoms with Crippen LogP contribution in [0.4, 0.5) is 0 Å². The third-order valence-corrected chi connectivity index (χ3v) is 3.21. The number of benzene rings is 1. The molecule has 0 spiro atoms. The number of ether oxygens (including phenoxy) is 2. The lowest BCUT2D eigenvalue weighted by atomic mass is 10.0. The van der Waals surface area contributed by atoms with E-state index in [1.165, 1.54) is 0 Å². The number of rotatable bonds is 4. The summed E-state index contributed by atoms with van der Waals surface area (Å²) in [7, 11) is 0. The van der Waals surface area contributed by atoms with Gasteiger partial charge in [0.15, 0.2) is 6.29 Å². The number of ketones is 1. The van der Waals surface area contributed by atoms with E-state index in [1.54, 1.807) is 6.20 Å². The summed E-state index contributed by atoms with van der Waals surface area (Å²) >= 11 is 0. The molecule has 1 aromatic heterocycles. The molecule has 3 rings (SSSR count). The van der Waals surface area contributed by atoms with E-state index in [4.69, 9.17) is 9.47 Å². The molecule has 0 aliphatic carbocycles. The second kappa shape index (κ2) is 5.47. The first kappa shape index (κ1) is 12.3. The fraction of sp³-hybridized carbons (Fsp3) is 0.333. The molecule has 0 unspecified atom stereocenters. The summed E-state index contributed by atoms with van der Waals surface area (Å²) in [6.07, 6.45) is 2.09. The summed E-state index contributed by atoms with van der Waals surface area (Å²) in [5, 5.41) is 1.03. The Morgan fingerprint density at radius 1 is 1.21 bits per heavy atom. The maximum Gasteiger partial charge on any atom is 0.164 e. The lowest BCUT2D eigenvalue weighted by Gasteiger charge is -2.09. The Kier molecular flexibility index (Phi) is 3.53. The summed E-state index contributed by atoms with van der Waals surface area (Å²) < 4.78 is 10.6. The van der Waals surface area contributed by atoms with Crippen molar-refractivity contribution in [3.63, 3.8) is 0 Å². The van der Waals surface area contributed by atoms with Crippen LogP contribution in [0, 0.1) is 0 Å². The molecule has 4 heteroatoms. The lowest BCUT2D eigenvalue weighted by Crippen LogP contribution is -2.16. The second-order valence-corrected chi connectivity index (χ2v) is 4.58. The number of carbonyl (C=O) groups excluding carboxylic acids is 1. The summed E-state index contributed by atoms with van der Waals surface area (Å²) in [6.45, 7) is 1.16. The van der Waals surface area contributed by atoms with E-state index in [0.717, 1.165) is 16.5 Å². The molecule has 98 valence electrons. The van der Waals surface area contributed by atoms with Crippen molar-refractivity contribution in [2.45, 2.75) is 19.1 Å². The van der Waals surface area contributed by atoms with Crippen LogP contribution >= 0.6 is 0 Å². The van der Waals surface area contributed by atoms with Crippen molar-refractivity contribution in [3.05, 3.63) is 42.1 Å². The molecule has 0 atom stereocenters. The first-order chi connectivity index (χ1) is 9.33. The highest BCUT2D eigenvalue weighted by molar-refractivity contribution is 5.88. The molecule has 1 aromatic carbocycles. The Hall–Kier alpha value is -1.78. The third kappa shape index (κ3) is 2.80. The van der Waals surface area contributed by atoms with Crippen LogP contribution in [0.1, 0.15) is 12.0 Å². The Balaban J connectivity index is 1.75. The van der Waals surface area contributed by atoms with E-state index in [-0.39, 0.29) is 12.1 Å². The molecule has 0 radical (unpaired) electrons. The lowest BCUT2D eigenvalue weighted by molar-refractivity contribution is -0.126. The summed E-state index contributed by atoms with van der Waals surface area (Å²) in [5.41, 5.74) is 1.93. The number of aromatic nitrogens is 1. The van der Waals surface area contributed by atoms with Crippen LogP contribution in [0.2, 0.25) is 0 Å². The molecule has 1 aliphatic heterocycles. The minimum Gasteiger partial charge on any atom is -0.350 e. The van der Waals surface area contributed by atoms with E-state index in [9.17, 15) is 4.79 Å². The van der Waals surface area contributed by atoms with Crippen LogP contribution in [-0.4, -0.2) is 30.3 Å². The maximum absolute atomic E-state index is 12.0. The summed E-state index contributed by atoms with van der Waals surface area (Å²) in [4.78, 5) is 16.3. The van der Waals surface area contributed by atoms with Gasteiger partial charge >= 0.3 is 0 Å². The van der Waals surface area contributed by atoms with E-state index in [1.807, 2.05) is 30.3 Å². The van der Waals surface area contributed by atoms with Crippen LogP contribution in [0.5, 0.6) is 0 Å². The van der Waals surface area contributed by atoms with Crippen LogP contribution < -0.4 is 0 Å². The highest BCUT2D eigenvalue weighted by Crippen LogP contribution is 2.18. The second-order valence-electron chi connectivity index (χ2n) is 4.58. The number of Topliss-reactive ketones (excluding diaryl/α,β-unsaturated/α-hetero) is 1. The highest BCUT2D eigenvalue weighted by Gasteiger charge is 2.20. The molecular weight excluding hydrogens is 242 g/mol. The molecule has 19 heavy (non-hydrogen) atoms. The van der Waals surface area contributed by atoms with Crippen LogP contribution in [0.25, 0.3) is 10.9 Å². The number of hydrogen-bond acceptors (Lipinski definition) is 4. The van der Waals surface area contributed by atoms with Crippen molar-refractivity contribution < 1.29 is 14.3 Å². The molecule has 1 aliphatic rings. The van der Waals surface area contributed by atoms with Gasteiger partial charge in [-0.3, -0.25) is 9.78 Å². The normalized spacial score (nSPS) is 16.0. The van der Waals surface area contributed by atoms with E-state index in [2.05, 4.69) is 4.98 Å². The van der Waals surface area contributed by atoms with Crippen LogP contribution in [-0.2, 0) is 20.7 Å². The van der Waals surface area contributed by atoms with Gasteiger partial charge in [0.1, 0.15) is 5.78 Å². The number of carbonyl (C=O) groups is 1. The topological polar surface area (TPSA) is 48.4 Å². The maximum atomic E-state index is 12.0. The van der Waals surface area contributed by atoms with Gasteiger partial charge in [-0.2, -0.15) is 0 Å².